The summed E-state index contributed by atoms with van der Waals surface area (Å²) in [5.74, 6) is 0. The van der Waals surface area contributed by atoms with Gasteiger partial charge in [0.2, 0.25) is 0 Å². The minimum Gasteiger partial charge on any atom is -0.264 e. The molecule has 0 fully saturated rings. The van der Waals surface area contributed by atoms with Gasteiger partial charge in [-0.05, 0) is 18.1 Å². The summed E-state index contributed by atoms with van der Waals surface area (Å²) in [4.78, 5) is 4.90. The highest BCUT2D eigenvalue weighted by Gasteiger charge is 1.91. The van der Waals surface area contributed by atoms with E-state index in [1.54, 1.807) is 12.4 Å². The Balaban J connectivity index is 3.01. The zero-order valence-corrected chi connectivity index (χ0v) is 6.23. The average Bonchev–Trinajstić information content (AvgIpc) is 1.89. The zero-order valence-electron chi connectivity index (χ0n) is 5.33. The third kappa shape index (κ3) is 1.45. The smallest absolute Gasteiger partial charge is 0.0404 e. The van der Waals surface area contributed by atoms with Crippen LogP contribution in [0.15, 0.2) is 23.4 Å². The molecule has 0 radical (unpaired) electrons. The summed E-state index contributed by atoms with van der Waals surface area (Å²) in [5.41, 5.74) is 1.26. The molecule has 0 aromatic carbocycles. The SMILES string of the molecule is CCc1ccncc1S. The van der Waals surface area contributed by atoms with Crippen LogP contribution >= 0.6 is 12.6 Å². The summed E-state index contributed by atoms with van der Waals surface area (Å²) in [6, 6.07) is 1.99. The minimum atomic E-state index is 0.986. The van der Waals surface area contributed by atoms with E-state index in [2.05, 4.69) is 24.5 Å². The first-order valence-corrected chi connectivity index (χ1v) is 3.41. The molecule has 0 unspecified atom stereocenters. The maximum atomic E-state index is 4.22. The second-order valence-corrected chi connectivity index (χ2v) is 2.34. The van der Waals surface area contributed by atoms with E-state index in [1.807, 2.05) is 6.07 Å². The van der Waals surface area contributed by atoms with E-state index in [1.165, 1.54) is 5.56 Å². The molecule has 1 heterocycles. The lowest BCUT2D eigenvalue weighted by Crippen LogP contribution is -1.82. The Labute approximate surface area is 60.5 Å². The van der Waals surface area contributed by atoms with Crippen LogP contribution in [0.3, 0.4) is 0 Å². The van der Waals surface area contributed by atoms with Crippen LogP contribution in [0.25, 0.3) is 0 Å². The van der Waals surface area contributed by atoms with Gasteiger partial charge in [0.05, 0.1) is 0 Å². The normalized spacial score (nSPS) is 9.56. The number of pyridine rings is 1. The van der Waals surface area contributed by atoms with Crippen molar-refractivity contribution >= 4 is 12.6 Å². The van der Waals surface area contributed by atoms with Gasteiger partial charge < -0.3 is 0 Å². The lowest BCUT2D eigenvalue weighted by Gasteiger charge is -1.96. The van der Waals surface area contributed by atoms with Crippen LogP contribution in [-0.4, -0.2) is 4.98 Å². The fraction of sp³-hybridized carbons (Fsp3) is 0.286. The van der Waals surface area contributed by atoms with Crippen molar-refractivity contribution in [1.82, 2.24) is 4.98 Å². The largest absolute Gasteiger partial charge is 0.264 e. The second-order valence-electron chi connectivity index (χ2n) is 1.86. The molecule has 0 atom stereocenters. The van der Waals surface area contributed by atoms with E-state index in [9.17, 15) is 0 Å². The maximum absolute atomic E-state index is 4.22. The zero-order chi connectivity index (χ0) is 6.69. The maximum Gasteiger partial charge on any atom is 0.0404 e. The van der Waals surface area contributed by atoms with Gasteiger partial charge in [-0.3, -0.25) is 4.98 Å². The van der Waals surface area contributed by atoms with Crippen LogP contribution in [-0.2, 0) is 6.42 Å². The first-order valence-electron chi connectivity index (χ1n) is 2.96. The van der Waals surface area contributed by atoms with Crippen molar-refractivity contribution in [2.75, 3.05) is 0 Å². The highest BCUT2D eigenvalue weighted by Crippen LogP contribution is 2.10. The highest BCUT2D eigenvalue weighted by atomic mass is 32.1. The molecule has 1 rings (SSSR count). The first kappa shape index (κ1) is 6.62. The van der Waals surface area contributed by atoms with Crippen LogP contribution in [0.5, 0.6) is 0 Å². The summed E-state index contributed by atoms with van der Waals surface area (Å²) in [7, 11) is 0. The number of aromatic nitrogens is 1. The molecule has 0 bridgehead atoms. The van der Waals surface area contributed by atoms with Crippen LogP contribution in [0.1, 0.15) is 12.5 Å². The van der Waals surface area contributed by atoms with E-state index in [0.29, 0.717) is 0 Å². The number of nitrogens with zero attached hydrogens (tertiary/aromatic N) is 1. The molecule has 0 aliphatic heterocycles. The summed E-state index contributed by atoms with van der Waals surface area (Å²) in [6.07, 6.45) is 4.59. The van der Waals surface area contributed by atoms with Gasteiger partial charge in [-0.15, -0.1) is 12.6 Å². The third-order valence-corrected chi connectivity index (χ3v) is 1.67. The van der Waals surface area contributed by atoms with Gasteiger partial charge in [0.15, 0.2) is 0 Å². The topological polar surface area (TPSA) is 12.9 Å². The number of hydrogen-bond donors (Lipinski definition) is 1. The van der Waals surface area contributed by atoms with Gasteiger partial charge in [-0.1, -0.05) is 6.92 Å². The van der Waals surface area contributed by atoms with E-state index in [0.717, 1.165) is 11.3 Å². The summed E-state index contributed by atoms with van der Waals surface area (Å²) >= 11 is 4.22. The molecule has 0 aliphatic carbocycles. The van der Waals surface area contributed by atoms with Gasteiger partial charge >= 0.3 is 0 Å². The predicted molar refractivity (Wildman–Crippen MR) is 40.9 cm³/mol. The molecule has 0 amide bonds. The molecule has 0 saturated heterocycles. The Hall–Kier alpha value is -0.500. The lowest BCUT2D eigenvalue weighted by atomic mass is 10.2. The quantitative estimate of drug-likeness (QED) is 0.587. The van der Waals surface area contributed by atoms with Crippen LogP contribution in [0.4, 0.5) is 0 Å². The Morgan fingerprint density at radius 3 is 2.89 bits per heavy atom. The van der Waals surface area contributed by atoms with Crippen molar-refractivity contribution in [3.05, 3.63) is 24.0 Å². The van der Waals surface area contributed by atoms with Gasteiger partial charge in [-0.2, -0.15) is 0 Å². The number of aryl methyl sites for hydroxylation is 1. The second kappa shape index (κ2) is 2.87. The Morgan fingerprint density at radius 2 is 2.44 bits per heavy atom. The highest BCUT2D eigenvalue weighted by molar-refractivity contribution is 7.80. The number of rotatable bonds is 1. The molecule has 1 aromatic rings. The molecular formula is C7H9NS. The Morgan fingerprint density at radius 1 is 1.67 bits per heavy atom. The fourth-order valence-electron chi connectivity index (χ4n) is 0.714. The summed E-state index contributed by atoms with van der Waals surface area (Å²) in [6.45, 7) is 2.11. The molecular weight excluding hydrogens is 130 g/mol. The van der Waals surface area contributed by atoms with Crippen LogP contribution in [0, 0.1) is 0 Å². The molecule has 48 valence electrons. The number of hydrogen-bond acceptors (Lipinski definition) is 2. The van der Waals surface area contributed by atoms with Gasteiger partial charge in [0.25, 0.3) is 0 Å². The van der Waals surface area contributed by atoms with Crippen molar-refractivity contribution in [1.29, 1.82) is 0 Å². The minimum absolute atomic E-state index is 0.986. The number of thiol groups is 1. The average molecular weight is 139 g/mol. The van der Waals surface area contributed by atoms with Crippen molar-refractivity contribution in [3.63, 3.8) is 0 Å². The molecule has 1 nitrogen and oxygen atoms in total. The monoisotopic (exact) mass is 139 g/mol. The van der Waals surface area contributed by atoms with Crippen LogP contribution < -0.4 is 0 Å². The molecule has 0 saturated carbocycles. The van der Waals surface area contributed by atoms with Gasteiger partial charge in [0, 0.05) is 17.3 Å². The van der Waals surface area contributed by atoms with Gasteiger partial charge in [0.1, 0.15) is 0 Å². The standard InChI is InChI=1S/C7H9NS/c1-2-6-3-4-8-5-7(6)9/h3-5,9H,2H2,1H3. The van der Waals surface area contributed by atoms with Gasteiger partial charge in [-0.25, -0.2) is 0 Å². The van der Waals surface area contributed by atoms with Crippen LogP contribution in [0.2, 0.25) is 0 Å². The first-order chi connectivity index (χ1) is 4.34. The van der Waals surface area contributed by atoms with E-state index < -0.39 is 0 Å². The molecule has 2 heteroatoms. The summed E-state index contributed by atoms with van der Waals surface area (Å²) < 4.78 is 0. The lowest BCUT2D eigenvalue weighted by molar-refractivity contribution is 1.05. The van der Waals surface area contributed by atoms with E-state index in [-0.39, 0.29) is 0 Å². The van der Waals surface area contributed by atoms with Crippen molar-refractivity contribution in [2.45, 2.75) is 18.2 Å². The summed E-state index contributed by atoms with van der Waals surface area (Å²) in [5, 5.41) is 0. The third-order valence-electron chi connectivity index (χ3n) is 1.27. The van der Waals surface area contributed by atoms with E-state index >= 15 is 0 Å². The molecule has 1 aromatic heterocycles. The molecule has 0 spiro atoms. The molecule has 9 heavy (non-hydrogen) atoms. The Bertz CT molecular complexity index is 198. The Kier molecular flexibility index (Phi) is 2.11. The van der Waals surface area contributed by atoms with Crippen molar-refractivity contribution in [2.24, 2.45) is 0 Å². The van der Waals surface area contributed by atoms with Crippen molar-refractivity contribution < 1.29 is 0 Å². The van der Waals surface area contributed by atoms with Crippen molar-refractivity contribution in [3.8, 4) is 0 Å². The molecule has 0 N–H and O–H groups in total. The predicted octanol–water partition coefficient (Wildman–Crippen LogP) is 1.93. The molecule has 0 aliphatic rings. The fourth-order valence-corrected chi connectivity index (χ4v) is 1.01. The van der Waals surface area contributed by atoms with E-state index in [4.69, 9.17) is 0 Å².